The highest BCUT2D eigenvalue weighted by Gasteiger charge is 2.17. The predicted octanol–water partition coefficient (Wildman–Crippen LogP) is 2.57. The standard InChI is InChI=1S/C20H17ClN6O2/c1-26-17-16(18(28)24-20(26)29)27(12-14-8-5-9-15(21)10-14)19(23-17)25-22-11-13-6-3-2-4-7-13/h2-11H,12H2,1H3,(H,23,25)(H,24,28,29)/b22-11-. The molecule has 8 nitrogen and oxygen atoms in total. The number of halogens is 1. The first-order chi connectivity index (χ1) is 14.0. The van der Waals surface area contributed by atoms with E-state index in [4.69, 9.17) is 11.6 Å². The molecule has 0 bridgehead atoms. The molecule has 0 saturated carbocycles. The van der Waals surface area contributed by atoms with Crippen molar-refractivity contribution in [1.29, 1.82) is 0 Å². The van der Waals surface area contributed by atoms with Crippen LogP contribution in [0.1, 0.15) is 11.1 Å². The van der Waals surface area contributed by atoms with Gasteiger partial charge in [0, 0.05) is 12.1 Å². The quantitative estimate of drug-likeness (QED) is 0.392. The van der Waals surface area contributed by atoms with Crippen LogP contribution >= 0.6 is 11.6 Å². The number of aromatic amines is 1. The number of rotatable bonds is 5. The van der Waals surface area contributed by atoms with Gasteiger partial charge in [0.15, 0.2) is 11.2 Å². The number of hydrazone groups is 1. The van der Waals surface area contributed by atoms with Crippen LogP contribution in [0.4, 0.5) is 5.95 Å². The van der Waals surface area contributed by atoms with Gasteiger partial charge in [-0.15, -0.1) is 0 Å². The van der Waals surface area contributed by atoms with Crippen molar-refractivity contribution in [2.75, 3.05) is 5.43 Å². The second kappa shape index (κ2) is 7.76. The molecule has 0 aliphatic heterocycles. The van der Waals surface area contributed by atoms with E-state index in [0.717, 1.165) is 11.1 Å². The van der Waals surface area contributed by atoms with Crippen LogP contribution in [0.25, 0.3) is 11.2 Å². The fourth-order valence-corrected chi connectivity index (χ4v) is 3.21. The Hall–Kier alpha value is -3.65. The molecule has 2 heterocycles. The molecule has 2 aromatic carbocycles. The smallest absolute Gasteiger partial charge is 0.298 e. The lowest BCUT2D eigenvalue weighted by Crippen LogP contribution is -2.29. The fraction of sp³-hybridized carbons (Fsp3) is 0.100. The maximum absolute atomic E-state index is 12.5. The highest BCUT2D eigenvalue weighted by atomic mass is 35.5. The third-order valence-electron chi connectivity index (χ3n) is 4.41. The van der Waals surface area contributed by atoms with Crippen LogP contribution in [0, 0.1) is 0 Å². The number of H-pyrrole nitrogens is 1. The Bertz CT molecular complexity index is 1320. The van der Waals surface area contributed by atoms with Gasteiger partial charge < -0.3 is 0 Å². The summed E-state index contributed by atoms with van der Waals surface area (Å²) in [6.07, 6.45) is 1.65. The van der Waals surface area contributed by atoms with Crippen molar-refractivity contribution >= 4 is 34.9 Å². The van der Waals surface area contributed by atoms with Crippen molar-refractivity contribution < 1.29 is 0 Å². The molecule has 9 heteroatoms. The highest BCUT2D eigenvalue weighted by molar-refractivity contribution is 6.30. The maximum Gasteiger partial charge on any atom is 0.329 e. The summed E-state index contributed by atoms with van der Waals surface area (Å²) in [5.74, 6) is 0.332. The van der Waals surface area contributed by atoms with Gasteiger partial charge in [-0.25, -0.2) is 10.2 Å². The van der Waals surface area contributed by atoms with Crippen molar-refractivity contribution in [2.45, 2.75) is 6.54 Å². The molecule has 0 amide bonds. The lowest BCUT2D eigenvalue weighted by Gasteiger charge is -2.08. The first-order valence-electron chi connectivity index (χ1n) is 8.81. The zero-order chi connectivity index (χ0) is 20.4. The lowest BCUT2D eigenvalue weighted by molar-refractivity contribution is 0.808. The lowest BCUT2D eigenvalue weighted by atomic mass is 10.2. The van der Waals surface area contributed by atoms with E-state index in [1.54, 1.807) is 30.0 Å². The van der Waals surface area contributed by atoms with Crippen molar-refractivity contribution in [2.24, 2.45) is 12.1 Å². The third kappa shape index (κ3) is 3.83. The molecule has 0 fully saturated rings. The first kappa shape index (κ1) is 18.7. The zero-order valence-electron chi connectivity index (χ0n) is 15.5. The number of fused-ring (bicyclic) bond motifs is 1. The topological polar surface area (TPSA) is 97.1 Å². The van der Waals surface area contributed by atoms with E-state index in [0.29, 0.717) is 17.5 Å². The number of nitrogens with zero attached hydrogens (tertiary/aromatic N) is 4. The van der Waals surface area contributed by atoms with Gasteiger partial charge in [-0.3, -0.25) is 18.9 Å². The summed E-state index contributed by atoms with van der Waals surface area (Å²) >= 11 is 6.09. The van der Waals surface area contributed by atoms with Gasteiger partial charge in [-0.05, 0) is 23.3 Å². The molecule has 0 radical (unpaired) electrons. The summed E-state index contributed by atoms with van der Waals surface area (Å²) in [7, 11) is 1.55. The van der Waals surface area contributed by atoms with E-state index in [2.05, 4.69) is 20.5 Å². The Morgan fingerprint density at radius 1 is 1.17 bits per heavy atom. The fourth-order valence-electron chi connectivity index (χ4n) is 3.00. The van der Waals surface area contributed by atoms with E-state index < -0.39 is 11.2 Å². The second-order valence-electron chi connectivity index (χ2n) is 6.42. The van der Waals surface area contributed by atoms with Crippen LogP contribution in [0.2, 0.25) is 5.02 Å². The molecule has 4 aromatic rings. The van der Waals surface area contributed by atoms with Crippen LogP contribution in [-0.2, 0) is 13.6 Å². The van der Waals surface area contributed by atoms with Crippen LogP contribution in [-0.4, -0.2) is 25.3 Å². The Balaban J connectivity index is 1.80. The third-order valence-corrected chi connectivity index (χ3v) is 4.65. The molecule has 2 aromatic heterocycles. The Morgan fingerprint density at radius 2 is 1.97 bits per heavy atom. The van der Waals surface area contributed by atoms with Gasteiger partial charge in [0.25, 0.3) is 5.56 Å². The van der Waals surface area contributed by atoms with Crippen LogP contribution in [0.3, 0.4) is 0 Å². The number of hydrogen-bond acceptors (Lipinski definition) is 5. The Labute approximate surface area is 170 Å². The first-order valence-corrected chi connectivity index (χ1v) is 9.19. The van der Waals surface area contributed by atoms with Crippen LogP contribution < -0.4 is 16.7 Å². The van der Waals surface area contributed by atoms with Crippen LogP contribution in [0.15, 0.2) is 69.3 Å². The average Bonchev–Trinajstić information content (AvgIpc) is 3.06. The van der Waals surface area contributed by atoms with Crippen molar-refractivity contribution in [1.82, 2.24) is 19.1 Å². The Kier molecular flexibility index (Phi) is 5.01. The second-order valence-corrected chi connectivity index (χ2v) is 6.86. The van der Waals surface area contributed by atoms with E-state index in [1.165, 1.54) is 4.57 Å². The number of benzene rings is 2. The van der Waals surface area contributed by atoms with E-state index in [1.807, 2.05) is 42.5 Å². The van der Waals surface area contributed by atoms with Gasteiger partial charge in [0.1, 0.15) is 0 Å². The van der Waals surface area contributed by atoms with Gasteiger partial charge in [0.05, 0.1) is 12.8 Å². The summed E-state index contributed by atoms with van der Waals surface area (Å²) in [5.41, 5.74) is 4.14. The molecular weight excluding hydrogens is 392 g/mol. The molecule has 0 spiro atoms. The predicted molar refractivity (Wildman–Crippen MR) is 114 cm³/mol. The molecule has 4 rings (SSSR count). The normalized spacial score (nSPS) is 11.4. The number of aromatic nitrogens is 4. The molecular formula is C20H17ClN6O2. The maximum atomic E-state index is 12.5. The van der Waals surface area contributed by atoms with Crippen molar-refractivity contribution in [3.05, 3.63) is 91.6 Å². The van der Waals surface area contributed by atoms with Crippen LogP contribution in [0.5, 0.6) is 0 Å². The van der Waals surface area contributed by atoms with E-state index >= 15 is 0 Å². The van der Waals surface area contributed by atoms with Gasteiger partial charge in [0.2, 0.25) is 5.95 Å². The van der Waals surface area contributed by atoms with Gasteiger partial charge in [-0.2, -0.15) is 10.1 Å². The van der Waals surface area contributed by atoms with E-state index in [-0.39, 0.29) is 11.2 Å². The van der Waals surface area contributed by atoms with Crippen molar-refractivity contribution in [3.63, 3.8) is 0 Å². The molecule has 0 unspecified atom stereocenters. The summed E-state index contributed by atoms with van der Waals surface area (Å²) in [6, 6.07) is 16.9. The minimum atomic E-state index is -0.533. The summed E-state index contributed by atoms with van der Waals surface area (Å²) < 4.78 is 2.96. The molecule has 29 heavy (non-hydrogen) atoms. The molecule has 0 aliphatic rings. The minimum Gasteiger partial charge on any atom is -0.298 e. The molecule has 2 N–H and O–H groups in total. The minimum absolute atomic E-state index is 0.262. The highest BCUT2D eigenvalue weighted by Crippen LogP contribution is 2.19. The number of nitrogens with one attached hydrogen (secondary N) is 2. The van der Waals surface area contributed by atoms with E-state index in [9.17, 15) is 9.59 Å². The summed E-state index contributed by atoms with van der Waals surface area (Å²) in [5, 5.41) is 4.81. The summed E-state index contributed by atoms with van der Waals surface area (Å²) in [4.78, 5) is 31.2. The summed E-state index contributed by atoms with van der Waals surface area (Å²) in [6.45, 7) is 0.321. The largest absolute Gasteiger partial charge is 0.329 e. The van der Waals surface area contributed by atoms with Gasteiger partial charge in [-0.1, -0.05) is 54.1 Å². The number of aryl methyl sites for hydroxylation is 1. The molecule has 0 aliphatic carbocycles. The number of hydrogen-bond donors (Lipinski definition) is 2. The molecule has 0 saturated heterocycles. The monoisotopic (exact) mass is 408 g/mol. The van der Waals surface area contributed by atoms with Gasteiger partial charge >= 0.3 is 5.69 Å². The Morgan fingerprint density at radius 3 is 2.72 bits per heavy atom. The zero-order valence-corrected chi connectivity index (χ0v) is 16.2. The molecule has 0 atom stereocenters. The number of imidazole rings is 1. The molecule has 146 valence electrons. The van der Waals surface area contributed by atoms with Crippen molar-refractivity contribution in [3.8, 4) is 0 Å². The SMILES string of the molecule is Cn1c(=O)[nH]c(=O)c2c1nc(N/N=C\c1ccccc1)n2Cc1cccc(Cl)c1. The average molecular weight is 409 g/mol. The number of anilines is 1.